The summed E-state index contributed by atoms with van der Waals surface area (Å²) in [5, 5.41) is 27.0. The summed E-state index contributed by atoms with van der Waals surface area (Å²) in [5.41, 5.74) is 0.885. The van der Waals surface area contributed by atoms with E-state index in [1.54, 1.807) is 18.3 Å². The molecule has 2 aromatic rings. The van der Waals surface area contributed by atoms with Gasteiger partial charge in [-0.1, -0.05) is 0 Å². The van der Waals surface area contributed by atoms with Crippen molar-refractivity contribution in [3.05, 3.63) is 16.8 Å². The van der Waals surface area contributed by atoms with Crippen LogP contribution in [0.1, 0.15) is 6.92 Å². The molecule has 18 heavy (non-hydrogen) atoms. The van der Waals surface area contributed by atoms with Crippen molar-refractivity contribution in [2.45, 2.75) is 19.5 Å². The van der Waals surface area contributed by atoms with E-state index in [1.807, 2.05) is 16.8 Å². The van der Waals surface area contributed by atoms with Gasteiger partial charge >= 0.3 is 0 Å². The zero-order chi connectivity index (χ0) is 13.0. The highest BCUT2D eigenvalue weighted by Crippen LogP contribution is 2.16. The molecule has 1 unspecified atom stereocenters. The number of nitrogens with zero attached hydrogens (tertiary/aromatic N) is 4. The van der Waals surface area contributed by atoms with Crippen LogP contribution in [0.2, 0.25) is 0 Å². The number of rotatable bonds is 5. The SMILES string of the molecule is CC(CO)NC(=O)Cn1nnc(-c2ccsc2)n1. The fourth-order valence-electron chi connectivity index (χ4n) is 1.31. The third-order valence-electron chi connectivity index (χ3n) is 2.20. The highest BCUT2D eigenvalue weighted by Gasteiger charge is 2.11. The van der Waals surface area contributed by atoms with Crippen molar-refractivity contribution >= 4 is 17.2 Å². The quantitative estimate of drug-likeness (QED) is 0.789. The van der Waals surface area contributed by atoms with Gasteiger partial charge in [-0.2, -0.15) is 16.1 Å². The van der Waals surface area contributed by atoms with Crippen LogP contribution in [-0.2, 0) is 11.3 Å². The van der Waals surface area contributed by atoms with Gasteiger partial charge in [-0.25, -0.2) is 0 Å². The first-order valence-electron chi connectivity index (χ1n) is 5.39. The Morgan fingerprint density at radius 1 is 1.67 bits per heavy atom. The Hall–Kier alpha value is -1.80. The normalized spacial score (nSPS) is 12.3. The monoisotopic (exact) mass is 267 g/mol. The lowest BCUT2D eigenvalue weighted by atomic mass is 10.3. The summed E-state index contributed by atoms with van der Waals surface area (Å²) >= 11 is 1.54. The van der Waals surface area contributed by atoms with Crippen LogP contribution in [0, 0.1) is 0 Å². The molecule has 0 radical (unpaired) electrons. The number of aromatic nitrogens is 4. The molecule has 1 atom stereocenters. The number of thiophene rings is 1. The van der Waals surface area contributed by atoms with E-state index in [1.165, 1.54) is 4.80 Å². The van der Waals surface area contributed by atoms with Gasteiger partial charge in [0.05, 0.1) is 6.61 Å². The van der Waals surface area contributed by atoms with E-state index < -0.39 is 0 Å². The van der Waals surface area contributed by atoms with Gasteiger partial charge in [0, 0.05) is 17.0 Å². The summed E-state index contributed by atoms with van der Waals surface area (Å²) in [6, 6.07) is 1.61. The average molecular weight is 267 g/mol. The zero-order valence-corrected chi connectivity index (χ0v) is 10.6. The third kappa shape index (κ3) is 3.11. The summed E-state index contributed by atoms with van der Waals surface area (Å²) in [6.45, 7) is 1.60. The van der Waals surface area contributed by atoms with Gasteiger partial charge < -0.3 is 10.4 Å². The lowest BCUT2D eigenvalue weighted by Crippen LogP contribution is -2.37. The van der Waals surface area contributed by atoms with Gasteiger partial charge in [-0.3, -0.25) is 4.79 Å². The Kier molecular flexibility index (Phi) is 4.00. The lowest BCUT2D eigenvalue weighted by molar-refractivity contribution is -0.122. The Morgan fingerprint density at radius 2 is 2.50 bits per heavy atom. The molecule has 0 aliphatic carbocycles. The van der Waals surface area contributed by atoms with Crippen LogP contribution in [0.3, 0.4) is 0 Å². The Balaban J connectivity index is 1.97. The van der Waals surface area contributed by atoms with Crippen LogP contribution in [0.4, 0.5) is 0 Å². The van der Waals surface area contributed by atoms with Crippen LogP contribution in [0.25, 0.3) is 11.4 Å². The molecule has 0 aliphatic rings. The molecule has 0 saturated heterocycles. The molecular formula is C10H13N5O2S. The standard InChI is InChI=1S/C10H13N5O2S/c1-7(5-16)11-9(17)4-15-13-10(12-14-15)8-2-3-18-6-8/h2-3,6-7,16H,4-5H2,1H3,(H,11,17). The lowest BCUT2D eigenvalue weighted by Gasteiger charge is -2.09. The Labute approximate surface area is 107 Å². The predicted molar refractivity (Wildman–Crippen MR) is 65.8 cm³/mol. The fourth-order valence-corrected chi connectivity index (χ4v) is 1.95. The number of aliphatic hydroxyl groups excluding tert-OH is 1. The molecule has 2 rings (SSSR count). The molecule has 0 bridgehead atoms. The van der Waals surface area contributed by atoms with Gasteiger partial charge in [0.25, 0.3) is 0 Å². The molecule has 0 aromatic carbocycles. The maximum Gasteiger partial charge on any atom is 0.243 e. The van der Waals surface area contributed by atoms with Crippen molar-refractivity contribution in [3.8, 4) is 11.4 Å². The van der Waals surface area contributed by atoms with Crippen LogP contribution in [-0.4, -0.2) is 43.9 Å². The maximum absolute atomic E-state index is 11.5. The second-order valence-electron chi connectivity index (χ2n) is 3.81. The Bertz CT molecular complexity index is 510. The van der Waals surface area contributed by atoms with Crippen molar-refractivity contribution < 1.29 is 9.90 Å². The number of amides is 1. The van der Waals surface area contributed by atoms with Gasteiger partial charge in [-0.15, -0.1) is 10.2 Å². The topological polar surface area (TPSA) is 92.9 Å². The average Bonchev–Trinajstić information content (AvgIpc) is 2.98. The van der Waals surface area contributed by atoms with Crippen molar-refractivity contribution in [3.63, 3.8) is 0 Å². The first-order chi connectivity index (χ1) is 8.69. The van der Waals surface area contributed by atoms with E-state index in [0.717, 1.165) is 5.56 Å². The molecule has 96 valence electrons. The van der Waals surface area contributed by atoms with E-state index in [2.05, 4.69) is 20.7 Å². The first kappa shape index (κ1) is 12.7. The molecule has 0 spiro atoms. The number of carbonyl (C=O) groups excluding carboxylic acids is 1. The van der Waals surface area contributed by atoms with Crippen molar-refractivity contribution in [1.29, 1.82) is 0 Å². The number of nitrogens with one attached hydrogen (secondary N) is 1. The van der Waals surface area contributed by atoms with E-state index in [9.17, 15) is 4.79 Å². The number of tetrazole rings is 1. The molecule has 2 heterocycles. The van der Waals surface area contributed by atoms with Crippen LogP contribution >= 0.6 is 11.3 Å². The first-order valence-corrected chi connectivity index (χ1v) is 6.34. The fraction of sp³-hybridized carbons (Fsp3) is 0.400. The number of hydrogen-bond acceptors (Lipinski definition) is 6. The molecule has 1 amide bonds. The summed E-state index contributed by atoms with van der Waals surface area (Å²) in [4.78, 5) is 12.8. The maximum atomic E-state index is 11.5. The molecule has 2 N–H and O–H groups in total. The molecule has 8 heteroatoms. The summed E-state index contributed by atoms with van der Waals surface area (Å²) < 4.78 is 0. The molecular weight excluding hydrogens is 254 g/mol. The summed E-state index contributed by atoms with van der Waals surface area (Å²) in [7, 11) is 0. The van der Waals surface area contributed by atoms with Gasteiger partial charge in [0.2, 0.25) is 11.7 Å². The largest absolute Gasteiger partial charge is 0.394 e. The van der Waals surface area contributed by atoms with Gasteiger partial charge in [0.15, 0.2) is 0 Å². The van der Waals surface area contributed by atoms with Crippen molar-refractivity contribution in [2.75, 3.05) is 6.61 Å². The second-order valence-corrected chi connectivity index (χ2v) is 4.59. The van der Waals surface area contributed by atoms with E-state index in [0.29, 0.717) is 5.82 Å². The minimum absolute atomic E-state index is 0.0124. The summed E-state index contributed by atoms with van der Waals surface area (Å²) in [5.74, 6) is 0.241. The van der Waals surface area contributed by atoms with Gasteiger partial charge in [0.1, 0.15) is 6.54 Å². The van der Waals surface area contributed by atoms with Crippen molar-refractivity contribution in [2.24, 2.45) is 0 Å². The van der Waals surface area contributed by atoms with Crippen LogP contribution in [0.5, 0.6) is 0 Å². The molecule has 2 aromatic heterocycles. The molecule has 7 nitrogen and oxygen atoms in total. The molecule has 0 aliphatic heterocycles. The summed E-state index contributed by atoms with van der Waals surface area (Å²) in [6.07, 6.45) is 0. The van der Waals surface area contributed by atoms with Crippen LogP contribution in [0.15, 0.2) is 16.8 Å². The minimum Gasteiger partial charge on any atom is -0.394 e. The number of aliphatic hydroxyl groups is 1. The van der Waals surface area contributed by atoms with Crippen LogP contribution < -0.4 is 5.32 Å². The highest BCUT2D eigenvalue weighted by molar-refractivity contribution is 7.08. The predicted octanol–water partition coefficient (Wildman–Crippen LogP) is -0.101. The van der Waals surface area contributed by atoms with Gasteiger partial charge in [-0.05, 0) is 23.6 Å². The van der Waals surface area contributed by atoms with E-state index in [4.69, 9.17) is 5.11 Å². The Morgan fingerprint density at radius 3 is 3.17 bits per heavy atom. The van der Waals surface area contributed by atoms with E-state index in [-0.39, 0.29) is 25.1 Å². The third-order valence-corrected chi connectivity index (χ3v) is 2.88. The second kappa shape index (κ2) is 5.69. The molecule has 0 fully saturated rings. The molecule has 0 saturated carbocycles. The zero-order valence-electron chi connectivity index (χ0n) is 9.78. The smallest absolute Gasteiger partial charge is 0.243 e. The van der Waals surface area contributed by atoms with E-state index >= 15 is 0 Å². The number of carbonyl (C=O) groups is 1. The minimum atomic E-state index is -0.280. The highest BCUT2D eigenvalue weighted by atomic mass is 32.1. The number of hydrogen-bond donors (Lipinski definition) is 2. The van der Waals surface area contributed by atoms with Crippen molar-refractivity contribution in [1.82, 2.24) is 25.5 Å².